The molecule has 3 aliphatic heterocycles. The predicted molar refractivity (Wildman–Crippen MR) is 338 cm³/mol. The topological polar surface area (TPSA) is 338 Å². The van der Waals surface area contributed by atoms with Crippen LogP contribution in [-0.4, -0.2) is 190 Å². The summed E-state index contributed by atoms with van der Waals surface area (Å²) in [7, 11) is 0.973. The molecule has 0 bridgehead atoms. The second-order valence-corrected chi connectivity index (χ2v) is 27.4. The molecule has 0 spiro atoms. The maximum Gasteiger partial charge on any atom is 0.397 e. The van der Waals surface area contributed by atoms with Crippen molar-refractivity contribution in [1.82, 2.24) is 4.90 Å². The highest BCUT2D eigenvalue weighted by molar-refractivity contribution is 7.80. The first-order chi connectivity index (χ1) is 42.4. The minimum atomic E-state index is -4.23. The summed E-state index contributed by atoms with van der Waals surface area (Å²) in [5.41, 5.74) is -3.96. The molecule has 18 atom stereocenters. The average Bonchev–Trinajstić information content (AvgIpc) is 0.767. The van der Waals surface area contributed by atoms with Crippen LogP contribution in [0.1, 0.15) is 217 Å². The molecule has 3 fully saturated rings. The van der Waals surface area contributed by atoms with Gasteiger partial charge in [0, 0.05) is 48.8 Å². The quantitative estimate of drug-likeness (QED) is 0.0298. The third-order valence-corrected chi connectivity index (χ3v) is 18.8. The van der Waals surface area contributed by atoms with Crippen LogP contribution in [0, 0.1) is 30.6 Å². The van der Waals surface area contributed by atoms with Gasteiger partial charge in [-0.15, -0.1) is 0 Å². The Kier molecular flexibility index (Phi) is 30.1. The van der Waals surface area contributed by atoms with Gasteiger partial charge in [-0.25, -0.2) is 4.18 Å². The zero-order valence-electron chi connectivity index (χ0n) is 56.5. The van der Waals surface area contributed by atoms with E-state index in [0.717, 1.165) is 12.8 Å². The van der Waals surface area contributed by atoms with Gasteiger partial charge in [-0.05, 0) is 112 Å². The number of aryl methyl sites for hydroxylation is 1. The van der Waals surface area contributed by atoms with E-state index in [1.807, 2.05) is 25.9 Å². The van der Waals surface area contributed by atoms with Crippen molar-refractivity contribution in [1.29, 1.82) is 0 Å². The van der Waals surface area contributed by atoms with Gasteiger partial charge in [-0.3, -0.25) is 28.5 Å². The zero-order chi connectivity index (χ0) is 68.7. The lowest BCUT2D eigenvalue weighted by molar-refractivity contribution is -0.319. The summed E-state index contributed by atoms with van der Waals surface area (Å²) in [6, 6.07) is 7.04. The molecule has 2 aromatic carbocycles. The number of hydrogen-bond acceptors (Lipinski definition) is 22. The Balaban J connectivity index is 0.000000393. The van der Waals surface area contributed by atoms with E-state index >= 15 is 0 Å². The normalized spacial score (nSPS) is 33.3. The number of carbonyl (C=O) groups is 5. The number of phenols is 2. The number of aromatic hydroxyl groups is 2. The molecule has 0 amide bonds. The van der Waals surface area contributed by atoms with E-state index < -0.39 is 130 Å². The van der Waals surface area contributed by atoms with Gasteiger partial charge in [-0.2, -0.15) is 8.42 Å². The highest BCUT2D eigenvalue weighted by atomic mass is 32.3. The Morgan fingerprint density at radius 3 is 1.90 bits per heavy atom. The average molecular weight is 1310 g/mol. The lowest BCUT2D eigenvalue weighted by Crippen LogP contribution is -2.61. The first-order valence-corrected chi connectivity index (χ1v) is 33.7. The number of esters is 2. The van der Waals surface area contributed by atoms with E-state index in [2.05, 4.69) is 11.1 Å². The van der Waals surface area contributed by atoms with Gasteiger partial charge in [0.15, 0.2) is 24.5 Å². The largest absolute Gasteiger partial charge is 0.507 e. The summed E-state index contributed by atoms with van der Waals surface area (Å²) in [6.07, 6.45) is 2.17. The maximum atomic E-state index is 14.2. The summed E-state index contributed by atoms with van der Waals surface area (Å²) >= 11 is 0. The maximum absolute atomic E-state index is 14.2. The minimum Gasteiger partial charge on any atom is -0.507 e. The van der Waals surface area contributed by atoms with E-state index in [1.165, 1.54) is 97.1 Å². The molecule has 23 nitrogen and oxygen atoms in total. The number of Topliss-reactive ketones (excluding diaryl/α,β-unsaturated/α-hetero) is 1. The van der Waals surface area contributed by atoms with Crippen LogP contribution < -0.4 is 0 Å². The third kappa shape index (κ3) is 21.0. The summed E-state index contributed by atoms with van der Waals surface area (Å²) in [6.45, 7) is 22.0. The highest BCUT2D eigenvalue weighted by Gasteiger charge is 2.54. The van der Waals surface area contributed by atoms with Crippen LogP contribution in [-0.2, 0) is 62.1 Å². The minimum absolute atomic E-state index is 0.0374. The number of ketones is 3. The van der Waals surface area contributed by atoms with Gasteiger partial charge in [0.25, 0.3) is 0 Å². The van der Waals surface area contributed by atoms with E-state index in [9.17, 15) is 63.0 Å². The number of aliphatic hydroxyl groups is 4. The number of methoxy groups -OCH3 is 1. The van der Waals surface area contributed by atoms with Crippen molar-refractivity contribution in [2.24, 2.45) is 23.7 Å². The number of fused-ring (bicyclic) bond motifs is 2. The van der Waals surface area contributed by atoms with Crippen molar-refractivity contribution in [3.8, 4) is 11.5 Å². The van der Waals surface area contributed by atoms with Crippen LogP contribution in [0.4, 0.5) is 0 Å². The van der Waals surface area contributed by atoms with E-state index in [4.69, 9.17) is 37.7 Å². The number of likely N-dealkylation sites (N-methyl/N-ethyl adjacent to an activating group) is 1. The fourth-order valence-electron chi connectivity index (χ4n) is 12.9. The molecule has 1 aliphatic carbocycles. The number of phenolic OH excluding ortho intramolecular Hbond substituents is 2. The van der Waals surface area contributed by atoms with Crippen LogP contribution >= 0.6 is 0 Å². The van der Waals surface area contributed by atoms with Gasteiger partial charge in [-0.1, -0.05) is 111 Å². The zero-order valence-corrected chi connectivity index (χ0v) is 57.3. The molecule has 7 N–H and O–H groups in total. The number of aliphatic hydroxyl groups excluding tert-OH is 2. The molecule has 24 heteroatoms. The Bertz CT molecular complexity index is 2830. The number of unbranched alkanes of at least 4 members (excludes halogenated alkanes) is 9. The summed E-state index contributed by atoms with van der Waals surface area (Å²) in [5, 5.41) is 66.2. The smallest absolute Gasteiger partial charge is 0.397 e. The monoisotopic (exact) mass is 1310 g/mol. The number of hydrogen-bond donors (Lipinski definition) is 7. The Hall–Kier alpha value is -4.54. The molecule has 4 aliphatic rings. The van der Waals surface area contributed by atoms with Gasteiger partial charge in [0.05, 0.1) is 71.4 Å². The van der Waals surface area contributed by atoms with Crippen LogP contribution in [0.25, 0.3) is 0 Å². The van der Waals surface area contributed by atoms with E-state index in [0.29, 0.717) is 18.4 Å². The SMILES string of the molecule is CCC(=O)OC1C(OC2C(C)C(OC3CC(C)(OC)C(O)C(C)O3)C(C)C(=O)OC(CC)C(C)(O)C(O)C(C)C(=O)C(C)CC2(C)O)OC(C)CC1N(C)C.CCCCCCCCCCCCOS(=O)(=O)O.Cc1cc(O)c2c(c1)C(=O)c1cccc(O)c1C2=O. The molecule has 3 heterocycles. The summed E-state index contributed by atoms with van der Waals surface area (Å²) in [5.74, 6) is -6.96. The van der Waals surface area contributed by atoms with Crippen molar-refractivity contribution in [2.45, 2.75) is 271 Å². The molecular formula is C67H107NO22S. The first-order valence-electron chi connectivity index (χ1n) is 32.4. The molecule has 0 saturated carbocycles. The molecule has 91 heavy (non-hydrogen) atoms. The molecule has 18 unspecified atom stereocenters. The molecule has 0 radical (unpaired) electrons. The summed E-state index contributed by atoms with van der Waals surface area (Å²) < 4.78 is 76.6. The molecule has 2 aromatic rings. The van der Waals surface area contributed by atoms with Crippen LogP contribution in [0.2, 0.25) is 0 Å². The number of cyclic esters (lactones) is 1. The fourth-order valence-corrected chi connectivity index (χ4v) is 13.3. The third-order valence-electron chi connectivity index (χ3n) is 18.3. The number of carbonyl (C=O) groups excluding carboxylic acids is 5. The number of benzene rings is 2. The summed E-state index contributed by atoms with van der Waals surface area (Å²) in [4.78, 5) is 67.5. The fraction of sp³-hybridized carbons (Fsp3) is 0.746. The van der Waals surface area contributed by atoms with Gasteiger partial charge in [0.1, 0.15) is 35.1 Å². The van der Waals surface area contributed by atoms with Crippen LogP contribution in [0.15, 0.2) is 30.3 Å². The van der Waals surface area contributed by atoms with Gasteiger partial charge < -0.3 is 68.7 Å². The lowest BCUT2D eigenvalue weighted by Gasteiger charge is -2.49. The predicted octanol–water partition coefficient (Wildman–Crippen LogP) is 8.65. The van der Waals surface area contributed by atoms with Gasteiger partial charge >= 0.3 is 22.3 Å². The Morgan fingerprint density at radius 2 is 1.34 bits per heavy atom. The Morgan fingerprint density at radius 1 is 0.747 bits per heavy atom. The van der Waals surface area contributed by atoms with Crippen molar-refractivity contribution in [3.63, 3.8) is 0 Å². The molecule has 0 aromatic heterocycles. The molecule has 3 saturated heterocycles. The standard InChI is InChI=1S/C40H71NO14.C15H10O4.C12H26O4S/c1-15-27-40(11,48)33(44)22(5)30(43)20(3)18-38(9,47)35(55-37-32(53-28(42)16-2)26(41(12)13)17-21(4)50-37)23(6)31(24(7)36(46)52-27)54-29-19-39(10,49-14)34(45)25(8)51-29;1-7-5-9-13(11(17)6-7)15(19)12-8(14(9)18)3-2-4-10(12)16;1-2-3-4-5-6-7-8-9-10-11-12-16-17(13,14)15/h20-27,29,31-35,37,44-45,47-48H,15-19H2,1-14H3;2-6,16-17H,1H3;2-12H2,1H3,(H,13,14,15). The molecular weight excluding hydrogens is 1200 g/mol. The lowest BCUT2D eigenvalue weighted by atomic mass is 9.74. The van der Waals surface area contributed by atoms with Crippen LogP contribution in [0.5, 0.6) is 11.5 Å². The van der Waals surface area contributed by atoms with Gasteiger partial charge in [0.2, 0.25) is 5.78 Å². The van der Waals surface area contributed by atoms with E-state index in [1.54, 1.807) is 61.5 Å². The Labute approximate surface area is 539 Å². The van der Waals surface area contributed by atoms with Crippen molar-refractivity contribution in [2.75, 3.05) is 27.8 Å². The second-order valence-electron chi connectivity index (χ2n) is 26.3. The molecule has 518 valence electrons. The molecule has 6 rings (SSSR count). The second kappa shape index (κ2) is 34.7. The number of rotatable bonds is 21. The number of ether oxygens (including phenoxy) is 7. The van der Waals surface area contributed by atoms with E-state index in [-0.39, 0.29) is 84.0 Å². The highest BCUT2D eigenvalue weighted by Crippen LogP contribution is 2.42. The first kappa shape index (κ1) is 78.9. The van der Waals surface area contributed by atoms with Crippen molar-refractivity contribution >= 4 is 39.7 Å². The van der Waals surface area contributed by atoms with Crippen LogP contribution in [0.3, 0.4) is 0 Å². The van der Waals surface area contributed by atoms with Crippen molar-refractivity contribution < 1.29 is 105 Å². The van der Waals surface area contributed by atoms with Crippen molar-refractivity contribution in [3.05, 3.63) is 58.1 Å². The number of nitrogens with zero attached hydrogens (tertiary/aromatic N) is 1.